The van der Waals surface area contributed by atoms with Gasteiger partial charge >= 0.3 is 0 Å². The molecule has 338 valence electrons. The smallest absolute Gasteiger partial charge is 0.136 e. The van der Waals surface area contributed by atoms with Crippen molar-refractivity contribution in [1.29, 1.82) is 0 Å². The average Bonchev–Trinajstić information content (AvgIpc) is 4.13. The van der Waals surface area contributed by atoms with Gasteiger partial charge in [-0.1, -0.05) is 152 Å². The maximum Gasteiger partial charge on any atom is 0.136 e. The van der Waals surface area contributed by atoms with E-state index in [0.29, 0.717) is 0 Å². The lowest BCUT2D eigenvalue weighted by Crippen LogP contribution is -2.24. The Bertz CT molecular complexity index is 4090. The van der Waals surface area contributed by atoms with Gasteiger partial charge in [-0.3, -0.25) is 0 Å². The van der Waals surface area contributed by atoms with Gasteiger partial charge in [-0.2, -0.15) is 0 Å². The maximum atomic E-state index is 14.9. The van der Waals surface area contributed by atoms with E-state index in [-0.39, 0.29) is 21.7 Å². The Balaban J connectivity index is 0.905. The van der Waals surface area contributed by atoms with Crippen LogP contribution in [0.4, 0.5) is 17.1 Å². The van der Waals surface area contributed by atoms with E-state index >= 15 is 0 Å². The summed E-state index contributed by atoms with van der Waals surface area (Å²) in [5.41, 5.74) is 27.3. The summed E-state index contributed by atoms with van der Waals surface area (Å²) in [4.78, 5) is 4.35. The number of hydrogen-bond acceptors (Lipinski definition) is 3. The van der Waals surface area contributed by atoms with Crippen LogP contribution in [0.3, 0.4) is 0 Å². The lowest BCUT2D eigenvalue weighted by Gasteiger charge is -2.32. The summed E-state index contributed by atoms with van der Waals surface area (Å²) < 4.78 is 21.4. The molecule has 15 rings (SSSR count). The van der Waals surface area contributed by atoms with Gasteiger partial charge in [0, 0.05) is 66.2 Å². The normalized spacial score (nSPS) is 17.8. The first-order valence-electron chi connectivity index (χ1n) is 24.8. The van der Waals surface area contributed by atoms with E-state index in [4.69, 9.17) is 4.42 Å². The van der Waals surface area contributed by atoms with Crippen LogP contribution < -0.4 is 4.90 Å². The summed E-state index contributed by atoms with van der Waals surface area (Å²) in [6, 6.07) is 60.4. The van der Waals surface area contributed by atoms with Gasteiger partial charge in [0.1, 0.15) is 11.2 Å². The van der Waals surface area contributed by atoms with E-state index in [0.717, 1.165) is 49.1 Å². The zero-order valence-corrected chi connectivity index (χ0v) is 41.6. The standard InChI is InChI=1S/C66H51NO2S/c1-63(2)47-30-31-53-56(42-21-13-16-24-52(42)69-53)55(47)45-35-50-44(34-51(45)63)39-28-26-37(32-48(39)64(50,3)4)67(36-18-10-9-11-19-36)38-27-29-41-49(33-38)66(7,8)60-57(41)58-43-22-14-17-25-54(43)70(68)62(58)59-40-20-12-15-23-46(40)65(5,6)61(59)60/h9-35H,1-8H3. The van der Waals surface area contributed by atoms with Crippen LogP contribution >= 0.6 is 0 Å². The highest BCUT2D eigenvalue weighted by Gasteiger charge is 2.51. The molecule has 1 aromatic heterocycles. The van der Waals surface area contributed by atoms with Gasteiger partial charge in [0.15, 0.2) is 0 Å². The third kappa shape index (κ3) is 4.79. The first kappa shape index (κ1) is 40.6. The first-order chi connectivity index (χ1) is 33.7. The lowest BCUT2D eigenvalue weighted by molar-refractivity contribution is 0.600. The van der Waals surface area contributed by atoms with Crippen molar-refractivity contribution in [1.82, 2.24) is 0 Å². The van der Waals surface area contributed by atoms with Crippen molar-refractivity contribution in [3.63, 3.8) is 0 Å². The topological polar surface area (TPSA) is 33.5 Å². The van der Waals surface area contributed by atoms with Gasteiger partial charge in [-0.05, 0) is 150 Å². The van der Waals surface area contributed by atoms with Crippen molar-refractivity contribution in [3.8, 4) is 55.6 Å². The van der Waals surface area contributed by atoms with Crippen LogP contribution in [-0.4, -0.2) is 4.21 Å². The molecule has 1 atom stereocenters. The number of nitrogens with zero attached hydrogens (tertiary/aromatic N) is 1. The Hall–Kier alpha value is -7.27. The van der Waals surface area contributed by atoms with Gasteiger partial charge in [0.2, 0.25) is 0 Å². The minimum atomic E-state index is -1.31. The molecule has 0 saturated heterocycles. The molecule has 10 aromatic rings. The molecule has 9 aromatic carbocycles. The largest absolute Gasteiger partial charge is 0.456 e. The summed E-state index contributed by atoms with van der Waals surface area (Å²) in [5, 5.41) is 2.39. The Morgan fingerprint density at radius 2 is 0.957 bits per heavy atom. The molecule has 5 aliphatic rings. The van der Waals surface area contributed by atoms with Crippen LogP contribution in [0.1, 0.15) is 99.9 Å². The number of hydrogen-bond donors (Lipinski definition) is 0. The van der Waals surface area contributed by atoms with Crippen LogP contribution in [0.5, 0.6) is 0 Å². The molecule has 3 nitrogen and oxygen atoms in total. The van der Waals surface area contributed by atoms with E-state index in [1.165, 1.54) is 99.8 Å². The monoisotopic (exact) mass is 921 g/mol. The maximum absolute atomic E-state index is 14.9. The van der Waals surface area contributed by atoms with Crippen LogP contribution in [0.15, 0.2) is 178 Å². The van der Waals surface area contributed by atoms with Crippen LogP contribution in [-0.2, 0) is 32.5 Å². The average molecular weight is 922 g/mol. The van der Waals surface area contributed by atoms with Crippen molar-refractivity contribution >= 4 is 49.8 Å². The second kappa shape index (κ2) is 13.1. The Kier molecular flexibility index (Phi) is 7.61. The molecular weight excluding hydrogens is 871 g/mol. The SMILES string of the molecule is CC1(C)c2cc(N(c3ccccc3)c3ccc4c(c3)C(C)(C)c3c-4c4c(c5c3C(C)(C)c3ccccc3-5)S(=O)c3ccccc3-4)ccc2-c2cc3c(cc21)-c1c(ccc2oc4ccccc4c12)C3(C)C. The number of anilines is 3. The fourth-order valence-corrected chi connectivity index (χ4v) is 15.8. The lowest BCUT2D eigenvalue weighted by atomic mass is 9.71. The van der Waals surface area contributed by atoms with Crippen molar-refractivity contribution in [2.45, 2.75) is 86.8 Å². The minimum absolute atomic E-state index is 0.176. The van der Waals surface area contributed by atoms with Crippen molar-refractivity contribution < 1.29 is 8.63 Å². The molecule has 0 radical (unpaired) electrons. The summed E-state index contributed by atoms with van der Waals surface area (Å²) in [5.74, 6) is 0. The number of rotatable bonds is 3. The van der Waals surface area contributed by atoms with E-state index in [2.05, 4.69) is 218 Å². The van der Waals surface area contributed by atoms with Gasteiger partial charge in [-0.15, -0.1) is 0 Å². The van der Waals surface area contributed by atoms with Crippen LogP contribution in [0.25, 0.3) is 77.6 Å². The van der Waals surface area contributed by atoms with Gasteiger partial charge in [0.05, 0.1) is 20.6 Å². The predicted molar refractivity (Wildman–Crippen MR) is 289 cm³/mol. The highest BCUT2D eigenvalue weighted by molar-refractivity contribution is 7.86. The molecule has 0 fully saturated rings. The van der Waals surface area contributed by atoms with E-state index in [9.17, 15) is 4.21 Å². The van der Waals surface area contributed by atoms with Gasteiger partial charge in [-0.25, -0.2) is 4.21 Å². The van der Waals surface area contributed by atoms with Crippen molar-refractivity contribution in [2.75, 3.05) is 4.90 Å². The number of furan rings is 1. The Morgan fingerprint density at radius 1 is 0.386 bits per heavy atom. The van der Waals surface area contributed by atoms with Crippen LogP contribution in [0, 0.1) is 0 Å². The molecule has 1 aliphatic heterocycles. The predicted octanol–water partition coefficient (Wildman–Crippen LogP) is 17.4. The molecule has 2 heterocycles. The quantitative estimate of drug-likeness (QED) is 0.177. The fourth-order valence-electron chi connectivity index (χ4n) is 14.2. The van der Waals surface area contributed by atoms with Crippen molar-refractivity contribution in [2.24, 2.45) is 0 Å². The summed E-state index contributed by atoms with van der Waals surface area (Å²) in [7, 11) is -1.31. The van der Waals surface area contributed by atoms with E-state index in [1.807, 2.05) is 6.07 Å². The zero-order chi connectivity index (χ0) is 47.5. The molecule has 0 amide bonds. The first-order valence-corrected chi connectivity index (χ1v) is 26.0. The highest BCUT2D eigenvalue weighted by atomic mass is 32.2. The molecule has 0 saturated carbocycles. The Morgan fingerprint density at radius 3 is 1.74 bits per heavy atom. The molecule has 0 spiro atoms. The van der Waals surface area contributed by atoms with E-state index in [1.54, 1.807) is 0 Å². The molecule has 1 unspecified atom stereocenters. The summed E-state index contributed by atoms with van der Waals surface area (Å²) in [6.07, 6.45) is 0. The van der Waals surface area contributed by atoms with E-state index < -0.39 is 10.8 Å². The second-order valence-electron chi connectivity index (χ2n) is 22.5. The molecule has 0 bridgehead atoms. The minimum Gasteiger partial charge on any atom is -0.456 e. The van der Waals surface area contributed by atoms with Gasteiger partial charge in [0.25, 0.3) is 0 Å². The van der Waals surface area contributed by atoms with Crippen LogP contribution in [0.2, 0.25) is 0 Å². The third-order valence-corrected chi connectivity index (χ3v) is 19.1. The molecular formula is C66H51NO2S. The molecule has 4 aliphatic carbocycles. The van der Waals surface area contributed by atoms with Gasteiger partial charge < -0.3 is 9.32 Å². The molecule has 0 N–H and O–H groups in total. The Labute approximate surface area is 411 Å². The highest BCUT2D eigenvalue weighted by Crippen LogP contribution is 2.66. The fraction of sp³-hybridized carbons (Fsp3) is 0.182. The number of fused-ring (bicyclic) bond motifs is 22. The third-order valence-electron chi connectivity index (χ3n) is 17.5. The molecule has 70 heavy (non-hydrogen) atoms. The number of para-hydroxylation sites is 2. The second-order valence-corrected chi connectivity index (χ2v) is 23.9. The number of benzene rings is 9. The zero-order valence-electron chi connectivity index (χ0n) is 40.8. The molecule has 4 heteroatoms. The summed E-state index contributed by atoms with van der Waals surface area (Å²) >= 11 is 0. The summed E-state index contributed by atoms with van der Waals surface area (Å²) in [6.45, 7) is 19.2. The van der Waals surface area contributed by atoms with Crippen molar-refractivity contribution in [3.05, 3.63) is 208 Å².